The van der Waals surface area contributed by atoms with Crippen molar-refractivity contribution in [3.8, 4) is 0 Å². The minimum absolute atomic E-state index is 0.0674. The normalized spacial score (nSPS) is 27.0. The number of nitrogens with zero attached hydrogens (tertiary/aromatic N) is 1. The molecule has 2 fully saturated rings. The van der Waals surface area contributed by atoms with E-state index in [2.05, 4.69) is 0 Å². The van der Waals surface area contributed by atoms with Gasteiger partial charge in [-0.1, -0.05) is 18.2 Å². The molecule has 1 N–H and O–H groups in total. The van der Waals surface area contributed by atoms with Gasteiger partial charge in [-0.15, -0.1) is 0 Å². The second kappa shape index (κ2) is 6.08. The van der Waals surface area contributed by atoms with Crippen LogP contribution in [-0.4, -0.2) is 47.7 Å². The maximum atomic E-state index is 12.8. The van der Waals surface area contributed by atoms with Crippen LogP contribution in [0.1, 0.15) is 23.5 Å². The third-order valence-electron chi connectivity index (χ3n) is 4.45. The summed E-state index contributed by atoms with van der Waals surface area (Å²) in [5.41, 5.74) is -0.281. The summed E-state index contributed by atoms with van der Waals surface area (Å²) in [4.78, 5) is 25.0. The molecule has 130 valence electrons. The minimum atomic E-state index is -4.43. The number of carbonyl (C=O) groups excluding carboxylic acids is 1. The van der Waals surface area contributed by atoms with Crippen molar-refractivity contribution in [3.63, 3.8) is 0 Å². The van der Waals surface area contributed by atoms with E-state index >= 15 is 0 Å². The summed E-state index contributed by atoms with van der Waals surface area (Å²) in [7, 11) is 0. The first-order valence-electron chi connectivity index (χ1n) is 7.57. The molecule has 8 heteroatoms. The van der Waals surface area contributed by atoms with Crippen LogP contribution in [0.5, 0.6) is 0 Å². The van der Waals surface area contributed by atoms with Gasteiger partial charge in [-0.2, -0.15) is 13.2 Å². The smallest absolute Gasteiger partial charge is 0.416 e. The lowest BCUT2D eigenvalue weighted by atomic mass is 10.0. The Morgan fingerprint density at radius 1 is 1.29 bits per heavy atom. The van der Waals surface area contributed by atoms with Crippen LogP contribution in [0.25, 0.3) is 0 Å². The molecule has 5 nitrogen and oxygen atoms in total. The van der Waals surface area contributed by atoms with Gasteiger partial charge in [-0.05, 0) is 24.0 Å². The molecule has 0 bridgehead atoms. The Morgan fingerprint density at radius 3 is 2.71 bits per heavy atom. The van der Waals surface area contributed by atoms with E-state index in [0.29, 0.717) is 12.0 Å². The van der Waals surface area contributed by atoms with E-state index in [1.54, 1.807) is 6.07 Å². The minimum Gasteiger partial charge on any atom is -0.480 e. The lowest BCUT2D eigenvalue weighted by Crippen LogP contribution is -2.53. The fourth-order valence-corrected chi connectivity index (χ4v) is 3.07. The monoisotopic (exact) mass is 343 g/mol. The molecular formula is C16H16F3NO4. The Kier molecular flexibility index (Phi) is 4.25. The van der Waals surface area contributed by atoms with E-state index in [-0.39, 0.29) is 31.6 Å². The van der Waals surface area contributed by atoms with Crippen molar-refractivity contribution in [2.24, 2.45) is 5.92 Å². The van der Waals surface area contributed by atoms with Gasteiger partial charge in [0.2, 0.25) is 5.91 Å². The zero-order valence-electron chi connectivity index (χ0n) is 12.6. The topological polar surface area (TPSA) is 66.8 Å². The van der Waals surface area contributed by atoms with E-state index in [9.17, 15) is 22.8 Å². The van der Waals surface area contributed by atoms with Crippen molar-refractivity contribution in [1.29, 1.82) is 0 Å². The lowest BCUT2D eigenvalue weighted by molar-refractivity contribution is -0.158. The number of hydrogen-bond donors (Lipinski definition) is 1. The van der Waals surface area contributed by atoms with Crippen molar-refractivity contribution in [2.45, 2.75) is 24.6 Å². The standard InChI is InChI=1S/C16H16F3NO4/c17-16(18,19)10-3-1-2-9(6-10)11-7-12(11)14(21)20-4-5-24-8-13(20)15(22)23/h1-3,6,11-13H,4-5,7-8H2,(H,22,23)/t11-,12-,13+/m1/s1. The molecule has 1 aliphatic carbocycles. The molecule has 1 saturated heterocycles. The van der Waals surface area contributed by atoms with Crippen LogP contribution in [0.2, 0.25) is 0 Å². The molecular weight excluding hydrogens is 327 g/mol. The van der Waals surface area contributed by atoms with E-state index in [1.165, 1.54) is 11.0 Å². The summed E-state index contributed by atoms with van der Waals surface area (Å²) in [6, 6.07) is 3.92. The quantitative estimate of drug-likeness (QED) is 0.913. The lowest BCUT2D eigenvalue weighted by Gasteiger charge is -2.33. The summed E-state index contributed by atoms with van der Waals surface area (Å²) in [6.07, 6.45) is -3.99. The molecule has 1 saturated carbocycles. The first-order valence-corrected chi connectivity index (χ1v) is 7.57. The Labute approximate surface area is 136 Å². The first kappa shape index (κ1) is 16.8. The van der Waals surface area contributed by atoms with E-state index < -0.39 is 29.7 Å². The molecule has 3 atom stereocenters. The molecule has 0 spiro atoms. The van der Waals surface area contributed by atoms with Gasteiger partial charge in [0.15, 0.2) is 6.04 Å². The van der Waals surface area contributed by atoms with Gasteiger partial charge in [-0.3, -0.25) is 4.79 Å². The van der Waals surface area contributed by atoms with Crippen LogP contribution >= 0.6 is 0 Å². The number of alkyl halides is 3. The summed E-state index contributed by atoms with van der Waals surface area (Å²) in [5.74, 6) is -2.22. The predicted octanol–water partition coefficient (Wildman–Crippen LogP) is 2.12. The number of hydrogen-bond acceptors (Lipinski definition) is 3. The number of halogens is 3. The van der Waals surface area contributed by atoms with Gasteiger partial charge in [0.1, 0.15) is 0 Å². The van der Waals surface area contributed by atoms with Crippen molar-refractivity contribution in [2.75, 3.05) is 19.8 Å². The molecule has 1 aromatic rings. The highest BCUT2D eigenvalue weighted by Gasteiger charge is 2.48. The second-order valence-electron chi connectivity index (χ2n) is 6.03. The highest BCUT2D eigenvalue weighted by Crippen LogP contribution is 2.49. The van der Waals surface area contributed by atoms with Crippen LogP contribution < -0.4 is 0 Å². The van der Waals surface area contributed by atoms with Gasteiger partial charge in [0, 0.05) is 12.5 Å². The molecule has 1 aliphatic heterocycles. The van der Waals surface area contributed by atoms with Crippen LogP contribution in [0.4, 0.5) is 13.2 Å². The van der Waals surface area contributed by atoms with Gasteiger partial charge in [-0.25, -0.2) is 4.79 Å². The summed E-state index contributed by atoms with van der Waals surface area (Å²) < 4.78 is 43.4. The molecule has 24 heavy (non-hydrogen) atoms. The fourth-order valence-electron chi connectivity index (χ4n) is 3.07. The number of benzene rings is 1. The van der Waals surface area contributed by atoms with E-state index in [4.69, 9.17) is 9.84 Å². The number of morpholine rings is 1. The van der Waals surface area contributed by atoms with Crippen molar-refractivity contribution >= 4 is 11.9 Å². The van der Waals surface area contributed by atoms with E-state index in [1.807, 2.05) is 0 Å². The number of amides is 1. The Hall–Kier alpha value is -2.09. The van der Waals surface area contributed by atoms with Gasteiger partial charge < -0.3 is 14.7 Å². The number of carbonyl (C=O) groups is 2. The number of carboxylic acids is 1. The predicted molar refractivity (Wildman–Crippen MR) is 76.2 cm³/mol. The Bertz CT molecular complexity index is 661. The van der Waals surface area contributed by atoms with E-state index in [0.717, 1.165) is 12.1 Å². The number of aliphatic carboxylic acids is 1. The summed E-state index contributed by atoms with van der Waals surface area (Å²) in [5, 5.41) is 9.17. The van der Waals surface area contributed by atoms with Crippen molar-refractivity contribution in [3.05, 3.63) is 35.4 Å². The largest absolute Gasteiger partial charge is 0.480 e. The van der Waals surface area contributed by atoms with Crippen LogP contribution in [0.15, 0.2) is 24.3 Å². The van der Waals surface area contributed by atoms with Crippen LogP contribution in [0.3, 0.4) is 0 Å². The number of rotatable bonds is 3. The highest BCUT2D eigenvalue weighted by molar-refractivity contribution is 5.88. The highest BCUT2D eigenvalue weighted by atomic mass is 19.4. The van der Waals surface area contributed by atoms with Crippen molar-refractivity contribution in [1.82, 2.24) is 4.90 Å². The number of ether oxygens (including phenoxy) is 1. The molecule has 2 aliphatic rings. The van der Waals surface area contributed by atoms with Crippen molar-refractivity contribution < 1.29 is 32.6 Å². The van der Waals surface area contributed by atoms with Crippen LogP contribution in [-0.2, 0) is 20.5 Å². The number of carboxylic acid groups (broad SMARTS) is 1. The van der Waals surface area contributed by atoms with Gasteiger partial charge in [0.25, 0.3) is 0 Å². The zero-order valence-corrected chi connectivity index (χ0v) is 12.6. The van der Waals surface area contributed by atoms with Crippen LogP contribution in [0, 0.1) is 5.92 Å². The molecule has 0 aromatic heterocycles. The zero-order chi connectivity index (χ0) is 17.5. The molecule has 1 heterocycles. The maximum absolute atomic E-state index is 12.8. The SMILES string of the molecule is O=C(O)[C@@H]1COCCN1C(=O)[C@@H]1C[C@@H]1c1cccc(C(F)(F)F)c1. The third kappa shape index (κ3) is 3.24. The maximum Gasteiger partial charge on any atom is 0.416 e. The molecule has 0 radical (unpaired) electrons. The Morgan fingerprint density at radius 2 is 2.04 bits per heavy atom. The van der Waals surface area contributed by atoms with Gasteiger partial charge >= 0.3 is 12.1 Å². The summed E-state index contributed by atoms with van der Waals surface area (Å²) in [6.45, 7) is 0.375. The average molecular weight is 343 g/mol. The molecule has 1 aromatic carbocycles. The molecule has 0 unspecified atom stereocenters. The fraction of sp³-hybridized carbons (Fsp3) is 0.500. The second-order valence-corrected chi connectivity index (χ2v) is 6.03. The average Bonchev–Trinajstić information content (AvgIpc) is 3.34. The first-order chi connectivity index (χ1) is 11.3. The summed E-state index contributed by atoms with van der Waals surface area (Å²) >= 11 is 0. The molecule has 3 rings (SSSR count). The molecule has 1 amide bonds. The Balaban J connectivity index is 1.73. The third-order valence-corrected chi connectivity index (χ3v) is 4.45. The van der Waals surface area contributed by atoms with Gasteiger partial charge in [0.05, 0.1) is 18.8 Å².